The molecule has 100 valence electrons. The zero-order chi connectivity index (χ0) is 14.1. The van der Waals surface area contributed by atoms with Crippen LogP contribution in [0.2, 0.25) is 0 Å². The first kappa shape index (κ1) is 14.7. The molecule has 3 heteroatoms. The summed E-state index contributed by atoms with van der Waals surface area (Å²) in [6.07, 6.45) is 1.68. The summed E-state index contributed by atoms with van der Waals surface area (Å²) in [5.74, 6) is -0.0621. The van der Waals surface area contributed by atoms with Gasteiger partial charge in [0.2, 0.25) is 0 Å². The fourth-order valence-corrected chi connectivity index (χ4v) is 1.61. The van der Waals surface area contributed by atoms with Gasteiger partial charge in [-0.1, -0.05) is 20.8 Å². The van der Waals surface area contributed by atoms with E-state index in [4.69, 9.17) is 0 Å². The molecule has 0 aliphatic rings. The van der Waals surface area contributed by atoms with Crippen LogP contribution >= 0.6 is 0 Å². The van der Waals surface area contributed by atoms with E-state index in [1.54, 1.807) is 6.20 Å². The van der Waals surface area contributed by atoms with Gasteiger partial charge in [0.15, 0.2) is 0 Å². The van der Waals surface area contributed by atoms with Crippen LogP contribution in [0.15, 0.2) is 12.3 Å². The topological polar surface area (TPSA) is 42.0 Å². The Hall–Kier alpha value is -1.38. The number of carbonyl (C=O) groups is 1. The number of amides is 1. The molecule has 0 saturated heterocycles. The van der Waals surface area contributed by atoms with Gasteiger partial charge in [0.25, 0.3) is 5.91 Å². The lowest BCUT2D eigenvalue weighted by Crippen LogP contribution is -2.41. The van der Waals surface area contributed by atoms with Crippen molar-refractivity contribution in [3.8, 4) is 0 Å². The number of aryl methyl sites for hydroxylation is 1. The molecule has 1 heterocycles. The minimum Gasteiger partial charge on any atom is -0.347 e. The van der Waals surface area contributed by atoms with Gasteiger partial charge >= 0.3 is 0 Å². The monoisotopic (exact) mass is 248 g/mol. The van der Waals surface area contributed by atoms with Gasteiger partial charge in [-0.2, -0.15) is 0 Å². The zero-order valence-corrected chi connectivity index (χ0v) is 12.5. The number of aromatic nitrogens is 1. The Bertz CT molecular complexity index is 451. The lowest BCUT2D eigenvalue weighted by molar-refractivity contribution is 0.0918. The van der Waals surface area contributed by atoms with Gasteiger partial charge in [0.1, 0.15) is 0 Å². The molecule has 1 aromatic rings. The van der Waals surface area contributed by atoms with Gasteiger partial charge in [0.05, 0.1) is 5.56 Å². The largest absolute Gasteiger partial charge is 0.347 e. The second-order valence-electron chi connectivity index (χ2n) is 6.84. The minimum atomic E-state index is -0.230. The fraction of sp³-hybridized carbons (Fsp3) is 0.600. The lowest BCUT2D eigenvalue weighted by atomic mass is 9.90. The van der Waals surface area contributed by atoms with E-state index in [1.165, 1.54) is 0 Å². The normalized spacial score (nSPS) is 12.4. The summed E-state index contributed by atoms with van der Waals surface area (Å²) in [6.45, 7) is 14.2. The van der Waals surface area contributed by atoms with Gasteiger partial charge in [-0.25, -0.2) is 0 Å². The van der Waals surface area contributed by atoms with Crippen molar-refractivity contribution in [2.75, 3.05) is 0 Å². The van der Waals surface area contributed by atoms with E-state index in [1.807, 2.05) is 33.8 Å². The molecule has 0 aliphatic heterocycles. The lowest BCUT2D eigenvalue weighted by Gasteiger charge is -2.22. The van der Waals surface area contributed by atoms with Gasteiger partial charge in [-0.3, -0.25) is 9.78 Å². The summed E-state index contributed by atoms with van der Waals surface area (Å²) < 4.78 is 0. The Morgan fingerprint density at radius 2 is 1.72 bits per heavy atom. The van der Waals surface area contributed by atoms with E-state index < -0.39 is 0 Å². The molecule has 0 aromatic carbocycles. The second-order valence-corrected chi connectivity index (χ2v) is 6.84. The third-order valence-corrected chi connectivity index (χ3v) is 2.61. The maximum absolute atomic E-state index is 12.1. The quantitative estimate of drug-likeness (QED) is 0.829. The first-order valence-corrected chi connectivity index (χ1v) is 6.30. The van der Waals surface area contributed by atoms with Crippen LogP contribution in [-0.4, -0.2) is 16.4 Å². The number of nitrogens with zero attached hydrogens (tertiary/aromatic N) is 1. The molecule has 3 nitrogen and oxygen atoms in total. The molecule has 1 rings (SSSR count). The van der Waals surface area contributed by atoms with Gasteiger partial charge < -0.3 is 5.32 Å². The number of carbonyl (C=O) groups excluding carboxylic acids is 1. The Morgan fingerprint density at radius 3 is 2.11 bits per heavy atom. The first-order chi connectivity index (χ1) is 8.00. The predicted octanol–water partition coefficient (Wildman–Crippen LogP) is 3.22. The van der Waals surface area contributed by atoms with E-state index in [0.29, 0.717) is 5.56 Å². The van der Waals surface area contributed by atoms with E-state index in [-0.39, 0.29) is 16.9 Å². The Morgan fingerprint density at radius 1 is 1.17 bits per heavy atom. The van der Waals surface area contributed by atoms with Crippen LogP contribution in [0.4, 0.5) is 0 Å². The molecule has 0 bridgehead atoms. The SMILES string of the molecule is Cc1cc(C(C)(C)C)ncc1C(=O)NC(C)(C)C. The molecule has 0 aliphatic carbocycles. The van der Waals surface area contributed by atoms with Crippen molar-refractivity contribution >= 4 is 5.91 Å². The van der Waals surface area contributed by atoms with E-state index >= 15 is 0 Å². The Kier molecular flexibility index (Phi) is 3.84. The number of pyridine rings is 1. The Labute approximate surface area is 110 Å². The van der Waals surface area contributed by atoms with Gasteiger partial charge in [-0.05, 0) is 39.3 Å². The van der Waals surface area contributed by atoms with Crippen molar-refractivity contribution in [3.63, 3.8) is 0 Å². The van der Waals surface area contributed by atoms with Crippen LogP contribution in [0, 0.1) is 6.92 Å². The number of nitrogens with one attached hydrogen (secondary N) is 1. The summed E-state index contributed by atoms with van der Waals surface area (Å²) in [5, 5.41) is 2.96. The second kappa shape index (κ2) is 4.71. The van der Waals surface area contributed by atoms with Crippen molar-refractivity contribution in [3.05, 3.63) is 29.1 Å². The first-order valence-electron chi connectivity index (χ1n) is 6.30. The molecule has 18 heavy (non-hydrogen) atoms. The molecule has 0 radical (unpaired) electrons. The summed E-state index contributed by atoms with van der Waals surface area (Å²) in [4.78, 5) is 16.5. The van der Waals surface area contributed by atoms with Crippen molar-refractivity contribution < 1.29 is 4.79 Å². The van der Waals surface area contributed by atoms with Gasteiger partial charge in [-0.15, -0.1) is 0 Å². The molecule has 1 aromatic heterocycles. The number of hydrogen-bond donors (Lipinski definition) is 1. The molecule has 0 saturated carbocycles. The van der Waals surface area contributed by atoms with Crippen LogP contribution in [-0.2, 0) is 5.41 Å². The average molecular weight is 248 g/mol. The standard InChI is InChI=1S/C15H24N2O/c1-10-8-12(14(2,3)4)16-9-11(10)13(18)17-15(5,6)7/h8-9H,1-7H3,(H,17,18). The maximum Gasteiger partial charge on any atom is 0.253 e. The fourth-order valence-electron chi connectivity index (χ4n) is 1.61. The highest BCUT2D eigenvalue weighted by Gasteiger charge is 2.20. The molecule has 1 N–H and O–H groups in total. The average Bonchev–Trinajstić information content (AvgIpc) is 2.12. The zero-order valence-electron chi connectivity index (χ0n) is 12.5. The van der Waals surface area contributed by atoms with Crippen LogP contribution in [0.1, 0.15) is 63.2 Å². The third kappa shape index (κ3) is 3.83. The molecule has 0 unspecified atom stereocenters. The minimum absolute atomic E-state index is 0.00376. The third-order valence-electron chi connectivity index (χ3n) is 2.61. The molecular weight excluding hydrogens is 224 g/mol. The number of hydrogen-bond acceptors (Lipinski definition) is 2. The molecule has 0 spiro atoms. The summed E-state index contributed by atoms with van der Waals surface area (Å²) >= 11 is 0. The maximum atomic E-state index is 12.1. The summed E-state index contributed by atoms with van der Waals surface area (Å²) in [6, 6.07) is 2.00. The van der Waals surface area contributed by atoms with Crippen molar-refractivity contribution in [1.82, 2.24) is 10.3 Å². The van der Waals surface area contributed by atoms with Crippen molar-refractivity contribution in [1.29, 1.82) is 0 Å². The van der Waals surface area contributed by atoms with Crippen LogP contribution in [0.3, 0.4) is 0 Å². The van der Waals surface area contributed by atoms with Crippen LogP contribution in [0.25, 0.3) is 0 Å². The molecule has 0 atom stereocenters. The van der Waals surface area contributed by atoms with Crippen molar-refractivity contribution in [2.45, 2.75) is 59.4 Å². The van der Waals surface area contributed by atoms with Crippen molar-refractivity contribution in [2.24, 2.45) is 0 Å². The van der Waals surface area contributed by atoms with Crippen LogP contribution in [0.5, 0.6) is 0 Å². The van der Waals surface area contributed by atoms with E-state index in [2.05, 4.69) is 31.1 Å². The van der Waals surface area contributed by atoms with Crippen LogP contribution < -0.4 is 5.32 Å². The highest BCUT2D eigenvalue weighted by Crippen LogP contribution is 2.22. The predicted molar refractivity (Wildman–Crippen MR) is 74.9 cm³/mol. The molecular formula is C15H24N2O. The summed E-state index contributed by atoms with van der Waals surface area (Å²) in [7, 11) is 0. The van der Waals surface area contributed by atoms with E-state index in [9.17, 15) is 4.79 Å². The van der Waals surface area contributed by atoms with E-state index in [0.717, 1.165) is 11.3 Å². The summed E-state index contributed by atoms with van der Waals surface area (Å²) in [5.41, 5.74) is 2.40. The molecule has 1 amide bonds. The Balaban J connectivity index is 3.03. The smallest absolute Gasteiger partial charge is 0.253 e. The highest BCUT2D eigenvalue weighted by molar-refractivity contribution is 5.95. The number of rotatable bonds is 1. The molecule has 0 fully saturated rings. The highest BCUT2D eigenvalue weighted by atomic mass is 16.1. The van der Waals surface area contributed by atoms with Gasteiger partial charge in [0, 0.05) is 22.8 Å².